The van der Waals surface area contributed by atoms with Crippen LogP contribution in [0.1, 0.15) is 46.5 Å². The molecule has 0 unspecified atom stereocenters. The lowest BCUT2D eigenvalue weighted by atomic mass is 9.68. The molecule has 2 aromatic carbocycles. The molecule has 148 valence electrons. The molecular formula is C22H20N2O4S. The van der Waals surface area contributed by atoms with Gasteiger partial charge < -0.3 is 5.11 Å². The first kappa shape index (κ1) is 19.4. The quantitative estimate of drug-likeness (QED) is 0.824. The van der Waals surface area contributed by atoms with Gasteiger partial charge in [0, 0.05) is 30.6 Å². The van der Waals surface area contributed by atoms with Crippen LogP contribution in [0.5, 0.6) is 5.75 Å². The highest BCUT2D eigenvalue weighted by atomic mass is 32.2. The number of aromatic hydroxyl groups is 1. The molecule has 0 saturated carbocycles. The molecule has 0 bridgehead atoms. The van der Waals surface area contributed by atoms with Crippen molar-refractivity contribution in [2.24, 2.45) is 0 Å². The van der Waals surface area contributed by atoms with Crippen LogP contribution in [0.25, 0.3) is 5.57 Å². The molecule has 0 saturated heterocycles. The van der Waals surface area contributed by atoms with Gasteiger partial charge in [0.2, 0.25) is 10.0 Å². The van der Waals surface area contributed by atoms with Gasteiger partial charge in [-0.3, -0.25) is 4.79 Å². The molecule has 0 radical (unpaired) electrons. The summed E-state index contributed by atoms with van der Waals surface area (Å²) in [5, 5.41) is 19.7. The number of rotatable bonds is 2. The van der Waals surface area contributed by atoms with Gasteiger partial charge in [0.1, 0.15) is 10.6 Å². The molecule has 0 amide bonds. The zero-order valence-corrected chi connectivity index (χ0v) is 17.4. The molecule has 1 N–H and O–H groups in total. The van der Waals surface area contributed by atoms with Gasteiger partial charge in [-0.05, 0) is 52.9 Å². The number of hydrogen-bond donors (Lipinski definition) is 1. The first-order valence-electron chi connectivity index (χ1n) is 9.12. The molecule has 0 spiro atoms. The van der Waals surface area contributed by atoms with Crippen molar-refractivity contribution in [3.63, 3.8) is 0 Å². The van der Waals surface area contributed by atoms with Crippen LogP contribution in [0.15, 0.2) is 40.8 Å². The summed E-state index contributed by atoms with van der Waals surface area (Å²) in [6.45, 7) is 3.93. The number of nitriles is 1. The fourth-order valence-electron chi connectivity index (χ4n) is 4.26. The normalized spacial score (nSPS) is 17.0. The van der Waals surface area contributed by atoms with Crippen molar-refractivity contribution in [3.8, 4) is 11.8 Å². The molecule has 29 heavy (non-hydrogen) atoms. The van der Waals surface area contributed by atoms with Crippen molar-refractivity contribution >= 4 is 21.4 Å². The molecule has 6 nitrogen and oxygen atoms in total. The SMILES string of the molecule is CN(C)S(=O)(=O)c1cc2c(cc1O)C(C)(C)C1=C(C2=O)c2ccc(C#N)cc2C1. The van der Waals surface area contributed by atoms with Gasteiger partial charge in [0.05, 0.1) is 11.6 Å². The van der Waals surface area contributed by atoms with Gasteiger partial charge >= 0.3 is 0 Å². The Balaban J connectivity index is 1.96. The third-order valence-corrected chi connectivity index (χ3v) is 7.77. The van der Waals surface area contributed by atoms with Gasteiger partial charge in [-0.1, -0.05) is 19.9 Å². The van der Waals surface area contributed by atoms with Gasteiger partial charge in [-0.25, -0.2) is 12.7 Å². The van der Waals surface area contributed by atoms with Gasteiger partial charge in [-0.15, -0.1) is 0 Å². The summed E-state index contributed by atoms with van der Waals surface area (Å²) in [5.74, 6) is -0.627. The van der Waals surface area contributed by atoms with Crippen LogP contribution in [0, 0.1) is 11.3 Å². The first-order valence-corrected chi connectivity index (χ1v) is 10.6. The Hall–Kier alpha value is -2.95. The van der Waals surface area contributed by atoms with Crippen LogP contribution in [0.4, 0.5) is 0 Å². The van der Waals surface area contributed by atoms with E-state index < -0.39 is 15.4 Å². The van der Waals surface area contributed by atoms with E-state index in [1.54, 1.807) is 18.2 Å². The van der Waals surface area contributed by atoms with Crippen molar-refractivity contribution in [2.75, 3.05) is 14.1 Å². The largest absolute Gasteiger partial charge is 0.507 e. The van der Waals surface area contributed by atoms with Crippen molar-refractivity contribution in [2.45, 2.75) is 30.6 Å². The lowest BCUT2D eigenvalue weighted by Crippen LogP contribution is -2.30. The van der Waals surface area contributed by atoms with Crippen molar-refractivity contribution in [1.82, 2.24) is 4.31 Å². The maximum atomic E-state index is 13.5. The monoisotopic (exact) mass is 408 g/mol. The lowest BCUT2D eigenvalue weighted by Gasteiger charge is -2.34. The van der Waals surface area contributed by atoms with E-state index in [1.165, 1.54) is 26.2 Å². The second-order valence-corrected chi connectivity index (χ2v) is 10.2. The molecule has 4 rings (SSSR count). The van der Waals surface area contributed by atoms with E-state index in [0.717, 1.165) is 21.0 Å². The summed E-state index contributed by atoms with van der Waals surface area (Å²) in [6, 6.07) is 10.1. The predicted octanol–water partition coefficient (Wildman–Crippen LogP) is 3.00. The van der Waals surface area contributed by atoms with Crippen molar-refractivity contribution in [3.05, 3.63) is 63.7 Å². The van der Waals surface area contributed by atoms with Gasteiger partial charge in [0.15, 0.2) is 5.78 Å². The lowest BCUT2D eigenvalue weighted by molar-refractivity contribution is 0.105. The Morgan fingerprint density at radius 2 is 1.83 bits per heavy atom. The number of hydrogen-bond acceptors (Lipinski definition) is 5. The first-order chi connectivity index (χ1) is 13.5. The molecule has 2 aliphatic rings. The van der Waals surface area contributed by atoms with Gasteiger partial charge in [0.25, 0.3) is 0 Å². The second kappa shape index (κ2) is 6.02. The minimum atomic E-state index is -3.91. The number of carbonyl (C=O) groups excluding carboxylic acids is 1. The van der Waals surface area contributed by atoms with Crippen LogP contribution in [-0.2, 0) is 21.9 Å². The molecule has 0 heterocycles. The highest BCUT2D eigenvalue weighted by Gasteiger charge is 2.44. The van der Waals surface area contributed by atoms with Crippen LogP contribution in [-0.4, -0.2) is 37.7 Å². The van der Waals surface area contributed by atoms with E-state index in [4.69, 9.17) is 0 Å². The Bertz CT molecular complexity index is 1280. The summed E-state index contributed by atoms with van der Waals surface area (Å²) in [5.41, 5.74) is 4.02. The summed E-state index contributed by atoms with van der Waals surface area (Å²) >= 11 is 0. The number of fused-ring (bicyclic) bond motifs is 3. The number of phenols is 1. The molecule has 2 aliphatic carbocycles. The number of ketones is 1. The standard InChI is InChI=1S/C22H20N2O4S/c1-22(2)16-10-18(25)19(29(27,28)24(3)4)9-15(16)21(26)20-14-6-5-12(11-23)7-13(14)8-17(20)22/h5-7,9-10,25H,8H2,1-4H3. The molecule has 0 aliphatic heterocycles. The highest BCUT2D eigenvalue weighted by molar-refractivity contribution is 7.89. The van der Waals surface area contributed by atoms with E-state index in [9.17, 15) is 23.6 Å². The van der Waals surface area contributed by atoms with Gasteiger partial charge in [-0.2, -0.15) is 5.26 Å². The minimum absolute atomic E-state index is 0.256. The summed E-state index contributed by atoms with van der Waals surface area (Å²) in [7, 11) is -1.16. The topological polar surface area (TPSA) is 98.5 Å². The molecule has 0 atom stereocenters. The fraction of sp³-hybridized carbons (Fsp3) is 0.273. The number of phenolic OH excluding ortho intramolecular Hbond substituents is 1. The second-order valence-electron chi connectivity index (χ2n) is 8.12. The molecular weight excluding hydrogens is 388 g/mol. The van der Waals surface area contributed by atoms with Crippen molar-refractivity contribution in [1.29, 1.82) is 5.26 Å². The summed E-state index contributed by atoms with van der Waals surface area (Å²) in [6.07, 6.45) is 0.539. The van der Waals surface area contributed by atoms with Crippen molar-refractivity contribution < 1.29 is 18.3 Å². The average Bonchev–Trinajstić information content (AvgIpc) is 3.05. The third kappa shape index (κ3) is 2.56. The van der Waals surface area contributed by atoms with E-state index in [0.29, 0.717) is 23.1 Å². The Morgan fingerprint density at radius 1 is 1.14 bits per heavy atom. The number of benzene rings is 2. The average molecular weight is 408 g/mol. The van der Waals surface area contributed by atoms with E-state index in [2.05, 4.69) is 6.07 Å². The summed E-state index contributed by atoms with van der Waals surface area (Å²) < 4.78 is 26.2. The molecule has 0 aromatic heterocycles. The smallest absolute Gasteiger partial charge is 0.246 e. The van der Waals surface area contributed by atoms with E-state index in [1.807, 2.05) is 13.8 Å². The van der Waals surface area contributed by atoms with Crippen LogP contribution >= 0.6 is 0 Å². The Kier molecular flexibility index (Phi) is 4.02. The Labute approximate surface area is 169 Å². The molecule has 0 fully saturated rings. The Morgan fingerprint density at radius 3 is 2.45 bits per heavy atom. The summed E-state index contributed by atoms with van der Waals surface area (Å²) in [4.78, 5) is 13.2. The molecule has 7 heteroatoms. The zero-order valence-electron chi connectivity index (χ0n) is 16.6. The van der Waals surface area contributed by atoms with E-state index in [-0.39, 0.29) is 22.0 Å². The van der Waals surface area contributed by atoms with E-state index >= 15 is 0 Å². The number of Topliss-reactive ketones (excluding diaryl/α,β-unsaturated/α-hetero) is 1. The predicted molar refractivity (Wildman–Crippen MR) is 108 cm³/mol. The van der Waals surface area contributed by atoms with Crippen LogP contribution < -0.4 is 0 Å². The zero-order chi connectivity index (χ0) is 21.3. The van der Waals surface area contributed by atoms with Crippen LogP contribution in [0.2, 0.25) is 0 Å². The number of allylic oxidation sites excluding steroid dienone is 2. The minimum Gasteiger partial charge on any atom is -0.507 e. The number of nitrogens with zero attached hydrogens (tertiary/aromatic N) is 2. The fourth-order valence-corrected chi connectivity index (χ4v) is 5.24. The van der Waals surface area contributed by atoms with Crippen LogP contribution in [0.3, 0.4) is 0 Å². The molecule has 2 aromatic rings. The number of sulfonamides is 1. The highest BCUT2D eigenvalue weighted by Crippen LogP contribution is 2.51. The third-order valence-electron chi connectivity index (χ3n) is 5.93. The maximum Gasteiger partial charge on any atom is 0.246 e. The maximum absolute atomic E-state index is 13.5. The number of carbonyl (C=O) groups is 1.